The maximum atomic E-state index is 12.4. The first-order valence-corrected chi connectivity index (χ1v) is 14.5. The van der Waals surface area contributed by atoms with E-state index in [0.29, 0.717) is 31.8 Å². The Kier molecular flexibility index (Phi) is 12.4. The number of unbranched alkanes of at least 4 members (excludes halogenated alkanes) is 3. The first kappa shape index (κ1) is 31.8. The van der Waals surface area contributed by atoms with Gasteiger partial charge in [0.25, 0.3) is 5.91 Å². The summed E-state index contributed by atoms with van der Waals surface area (Å²) < 4.78 is 6.60. The topological polar surface area (TPSA) is 133 Å². The van der Waals surface area contributed by atoms with Gasteiger partial charge < -0.3 is 26.0 Å². The van der Waals surface area contributed by atoms with Crippen LogP contribution >= 0.6 is 11.6 Å². The van der Waals surface area contributed by atoms with E-state index in [1.165, 1.54) is 0 Å². The zero-order chi connectivity index (χ0) is 29.7. The number of anilines is 2. The van der Waals surface area contributed by atoms with Crippen molar-refractivity contribution in [1.29, 1.82) is 0 Å². The molecule has 0 fully saturated rings. The van der Waals surface area contributed by atoms with E-state index >= 15 is 0 Å². The Labute approximate surface area is 247 Å². The van der Waals surface area contributed by atoms with Gasteiger partial charge in [0.15, 0.2) is 22.5 Å². The van der Waals surface area contributed by atoms with Gasteiger partial charge >= 0.3 is 0 Å². The molecule has 0 saturated heterocycles. The van der Waals surface area contributed by atoms with Crippen molar-refractivity contribution in [3.63, 3.8) is 0 Å². The normalized spacial score (nSPS) is 11.3. The second-order valence-electron chi connectivity index (χ2n) is 10.9. The summed E-state index contributed by atoms with van der Waals surface area (Å²) in [5.41, 5.74) is 13.6. The Morgan fingerprint density at radius 3 is 2.29 bits per heavy atom. The fraction of sp³-hybridized carbons (Fsp3) is 0.419. The summed E-state index contributed by atoms with van der Waals surface area (Å²) in [4.78, 5) is 32.5. The standard InChI is InChI=1S/C31H41ClN6O3/c1-38(2,21-19-35-31(40)27-29(33)37-30(34)28(32)36-27)20-9-4-3-8-12-25(39)16-13-23-14-17-26(18-15-23)41-22-24-10-6-5-7-11-24/h5-7,10-11,14-15,17-18H,3-4,8-9,12-13,16,19-22H2,1-2H3,(H4-,33,34,35,37,40)/p+1. The van der Waals surface area contributed by atoms with Gasteiger partial charge in [-0.1, -0.05) is 60.5 Å². The lowest BCUT2D eigenvalue weighted by atomic mass is 10.0. The summed E-state index contributed by atoms with van der Waals surface area (Å²) in [6, 6.07) is 18.1. The number of amides is 1. The van der Waals surface area contributed by atoms with Crippen LogP contribution in [0.25, 0.3) is 0 Å². The molecule has 0 radical (unpaired) electrons. The lowest BCUT2D eigenvalue weighted by Gasteiger charge is -2.30. The fourth-order valence-corrected chi connectivity index (χ4v) is 4.52. The molecule has 1 amide bonds. The predicted octanol–water partition coefficient (Wildman–Crippen LogP) is 4.83. The van der Waals surface area contributed by atoms with Gasteiger partial charge in [-0.3, -0.25) is 9.59 Å². The number of hydrogen-bond acceptors (Lipinski definition) is 7. The molecule has 0 unspecified atom stereocenters. The number of carbonyl (C=O) groups is 2. The lowest BCUT2D eigenvalue weighted by molar-refractivity contribution is -0.889. The average molecular weight is 582 g/mol. The number of ketones is 1. The second-order valence-corrected chi connectivity index (χ2v) is 11.3. The number of nitrogens with two attached hydrogens (primary N) is 2. The lowest BCUT2D eigenvalue weighted by Crippen LogP contribution is -2.46. The van der Waals surface area contributed by atoms with Crippen molar-refractivity contribution >= 4 is 34.9 Å². The number of nitrogens with zero attached hydrogens (tertiary/aromatic N) is 3. The number of likely N-dealkylation sites (N-methyl/N-ethyl adjacent to an activating group) is 1. The number of nitrogens with one attached hydrogen (secondary N) is 1. The number of aryl methyl sites for hydroxylation is 1. The minimum Gasteiger partial charge on any atom is -0.489 e. The van der Waals surface area contributed by atoms with Gasteiger partial charge in [0.05, 0.1) is 33.7 Å². The first-order valence-electron chi connectivity index (χ1n) is 14.1. The molecule has 1 aromatic heterocycles. The van der Waals surface area contributed by atoms with Gasteiger partial charge in [-0.05, 0) is 48.9 Å². The molecule has 41 heavy (non-hydrogen) atoms. The molecule has 0 atom stereocenters. The van der Waals surface area contributed by atoms with Crippen molar-refractivity contribution in [2.75, 3.05) is 45.2 Å². The van der Waals surface area contributed by atoms with E-state index in [-0.39, 0.29) is 22.5 Å². The highest BCUT2D eigenvalue weighted by Gasteiger charge is 2.18. The predicted molar refractivity (Wildman–Crippen MR) is 164 cm³/mol. The monoisotopic (exact) mass is 581 g/mol. The number of carbonyl (C=O) groups excluding carboxylic acids is 2. The zero-order valence-corrected chi connectivity index (χ0v) is 24.8. The second kappa shape index (κ2) is 15.9. The molecule has 3 aromatic rings. The summed E-state index contributed by atoms with van der Waals surface area (Å²) >= 11 is 5.86. The summed E-state index contributed by atoms with van der Waals surface area (Å²) in [6.07, 6.45) is 6.03. The first-order chi connectivity index (χ1) is 19.6. The number of quaternary nitrogens is 1. The van der Waals surface area contributed by atoms with Crippen LogP contribution in [0.1, 0.15) is 60.1 Å². The van der Waals surface area contributed by atoms with Gasteiger partial charge in [-0.25, -0.2) is 9.97 Å². The molecule has 0 aliphatic carbocycles. The maximum Gasteiger partial charge on any atom is 0.273 e. The van der Waals surface area contributed by atoms with Crippen LogP contribution in [0, 0.1) is 0 Å². The molecule has 220 valence electrons. The van der Waals surface area contributed by atoms with Crippen molar-refractivity contribution < 1.29 is 18.8 Å². The van der Waals surface area contributed by atoms with E-state index in [1.807, 2.05) is 54.6 Å². The molecule has 0 saturated carbocycles. The van der Waals surface area contributed by atoms with Gasteiger partial charge in [0.2, 0.25) is 0 Å². The highest BCUT2D eigenvalue weighted by atomic mass is 35.5. The number of rotatable bonds is 17. The molecule has 0 spiro atoms. The molecular formula is C31H42ClN6O3+. The van der Waals surface area contributed by atoms with Crippen LogP contribution in [0.4, 0.5) is 11.6 Å². The van der Waals surface area contributed by atoms with Crippen LogP contribution in [0.3, 0.4) is 0 Å². The van der Waals surface area contributed by atoms with Crippen LogP contribution in [0.5, 0.6) is 5.75 Å². The molecular weight excluding hydrogens is 540 g/mol. The Balaban J connectivity index is 1.23. The number of halogens is 1. The summed E-state index contributed by atoms with van der Waals surface area (Å²) in [6.45, 7) is 2.73. The number of hydrogen-bond donors (Lipinski definition) is 3. The van der Waals surface area contributed by atoms with Gasteiger partial charge in [0.1, 0.15) is 18.1 Å². The molecule has 9 nitrogen and oxygen atoms in total. The number of benzene rings is 2. The summed E-state index contributed by atoms with van der Waals surface area (Å²) in [5.74, 6) is 0.671. The molecule has 10 heteroatoms. The third-order valence-electron chi connectivity index (χ3n) is 6.96. The Hall–Kier alpha value is -3.69. The molecule has 0 bridgehead atoms. The van der Waals surface area contributed by atoms with Crippen molar-refractivity contribution in [1.82, 2.24) is 15.3 Å². The highest BCUT2D eigenvalue weighted by Crippen LogP contribution is 2.18. The Bertz CT molecular complexity index is 1270. The zero-order valence-electron chi connectivity index (χ0n) is 24.1. The number of aromatic nitrogens is 2. The third-order valence-corrected chi connectivity index (χ3v) is 7.23. The number of nitrogen functional groups attached to an aromatic ring is 2. The summed E-state index contributed by atoms with van der Waals surface area (Å²) in [7, 11) is 4.26. The van der Waals surface area contributed by atoms with Crippen LogP contribution in [0.2, 0.25) is 5.15 Å². The van der Waals surface area contributed by atoms with E-state index in [9.17, 15) is 9.59 Å². The molecule has 3 rings (SSSR count). The van der Waals surface area contributed by atoms with Crippen LogP contribution in [-0.4, -0.2) is 59.9 Å². The third kappa shape index (κ3) is 11.4. The van der Waals surface area contributed by atoms with Gasteiger partial charge in [-0.15, -0.1) is 0 Å². The van der Waals surface area contributed by atoms with Gasteiger partial charge in [0, 0.05) is 12.8 Å². The van der Waals surface area contributed by atoms with Crippen LogP contribution in [0.15, 0.2) is 54.6 Å². The van der Waals surface area contributed by atoms with Crippen molar-refractivity contribution in [2.24, 2.45) is 0 Å². The van der Waals surface area contributed by atoms with E-state index in [2.05, 4.69) is 29.4 Å². The van der Waals surface area contributed by atoms with E-state index < -0.39 is 5.91 Å². The van der Waals surface area contributed by atoms with E-state index in [1.54, 1.807) is 0 Å². The smallest absolute Gasteiger partial charge is 0.273 e. The Morgan fingerprint density at radius 2 is 1.56 bits per heavy atom. The SMILES string of the molecule is C[N+](C)(CCCCCCC(=O)CCc1ccc(OCc2ccccc2)cc1)CCNC(=O)c1nc(Cl)c(N)nc1N. The molecule has 1 heterocycles. The number of Topliss-reactive ketones (excluding diaryl/α,β-unsaturated/α-hetero) is 1. The summed E-state index contributed by atoms with van der Waals surface area (Å²) in [5, 5.41) is 2.78. The highest BCUT2D eigenvalue weighted by molar-refractivity contribution is 6.31. The average Bonchev–Trinajstić information content (AvgIpc) is 2.95. The van der Waals surface area contributed by atoms with Crippen molar-refractivity contribution in [3.8, 4) is 5.75 Å². The Morgan fingerprint density at radius 1 is 0.854 bits per heavy atom. The number of ether oxygens (including phenoxy) is 1. The van der Waals surface area contributed by atoms with E-state index in [0.717, 1.165) is 66.6 Å². The minimum absolute atomic E-state index is 0.00475. The van der Waals surface area contributed by atoms with Gasteiger partial charge in [-0.2, -0.15) is 0 Å². The largest absolute Gasteiger partial charge is 0.489 e. The van der Waals surface area contributed by atoms with Crippen molar-refractivity contribution in [3.05, 3.63) is 76.6 Å². The fourth-order valence-electron chi connectivity index (χ4n) is 4.39. The van der Waals surface area contributed by atoms with Crippen LogP contribution in [-0.2, 0) is 17.8 Å². The quantitative estimate of drug-likeness (QED) is 0.153. The van der Waals surface area contributed by atoms with Crippen molar-refractivity contribution in [2.45, 2.75) is 51.6 Å². The molecule has 5 N–H and O–H groups in total. The maximum absolute atomic E-state index is 12.4. The minimum atomic E-state index is -0.425. The molecule has 2 aromatic carbocycles. The van der Waals surface area contributed by atoms with Crippen LogP contribution < -0.4 is 21.5 Å². The molecule has 0 aliphatic rings. The van der Waals surface area contributed by atoms with E-state index in [4.69, 9.17) is 27.8 Å². The molecule has 0 aliphatic heterocycles.